The first-order chi connectivity index (χ1) is 8.38. The predicted octanol–water partition coefficient (Wildman–Crippen LogP) is 2.33. The maximum atomic E-state index is 11.5. The molecule has 0 aromatic heterocycles. The maximum absolute atomic E-state index is 11.5. The number of rotatable bonds is 4. The number of hydrogen-bond acceptors (Lipinski definition) is 6. The number of benzene rings is 1. The Morgan fingerprint density at radius 3 is 2.39 bits per heavy atom. The van der Waals surface area contributed by atoms with Crippen LogP contribution in [0.15, 0.2) is 12.1 Å². The highest BCUT2D eigenvalue weighted by atomic mass is 35.5. The van der Waals surface area contributed by atoms with Crippen LogP contribution >= 0.6 is 11.6 Å². The molecular weight excluding hydrogens is 268 g/mol. The molecule has 96 valence electrons. The number of nitrogens with zero attached hydrogens (tertiary/aromatic N) is 2. The summed E-state index contributed by atoms with van der Waals surface area (Å²) in [6.07, 6.45) is 0. The van der Waals surface area contributed by atoms with Crippen molar-refractivity contribution < 1.29 is 19.4 Å². The zero-order valence-electron chi connectivity index (χ0n) is 9.08. The molecule has 0 fully saturated rings. The standard InChI is InChI=1S/C9H7ClN2O6/c1-2-18-9(13)6-3-5(10)4-7(11(14)15)8(6)12(16)17/h3-4H,2H2,1H3. The van der Waals surface area contributed by atoms with E-state index < -0.39 is 32.8 Å². The van der Waals surface area contributed by atoms with Gasteiger partial charge in [0.15, 0.2) is 0 Å². The van der Waals surface area contributed by atoms with Gasteiger partial charge >= 0.3 is 17.3 Å². The molecule has 0 unspecified atom stereocenters. The fourth-order valence-corrected chi connectivity index (χ4v) is 1.49. The Morgan fingerprint density at radius 2 is 1.94 bits per heavy atom. The van der Waals surface area contributed by atoms with Gasteiger partial charge < -0.3 is 4.74 Å². The molecule has 0 aliphatic rings. The number of ether oxygens (including phenoxy) is 1. The van der Waals surface area contributed by atoms with Crippen LogP contribution in [0.2, 0.25) is 5.02 Å². The van der Waals surface area contributed by atoms with Crippen LogP contribution in [0.4, 0.5) is 11.4 Å². The maximum Gasteiger partial charge on any atom is 0.360 e. The lowest BCUT2D eigenvalue weighted by Crippen LogP contribution is -2.09. The third-order valence-corrected chi connectivity index (χ3v) is 2.15. The Hall–Kier alpha value is -2.22. The second-order valence-electron chi connectivity index (χ2n) is 3.06. The van der Waals surface area contributed by atoms with Crippen LogP contribution in [0.1, 0.15) is 17.3 Å². The van der Waals surface area contributed by atoms with Crippen molar-refractivity contribution in [3.05, 3.63) is 42.9 Å². The normalized spacial score (nSPS) is 9.89. The van der Waals surface area contributed by atoms with Gasteiger partial charge in [-0.1, -0.05) is 11.6 Å². The van der Waals surface area contributed by atoms with Crippen molar-refractivity contribution in [2.75, 3.05) is 6.61 Å². The van der Waals surface area contributed by atoms with Crippen LogP contribution in [-0.2, 0) is 4.74 Å². The summed E-state index contributed by atoms with van der Waals surface area (Å²) in [5.41, 5.74) is -2.32. The van der Waals surface area contributed by atoms with Crippen LogP contribution in [0.25, 0.3) is 0 Å². The number of carbonyl (C=O) groups is 1. The van der Waals surface area contributed by atoms with Crippen molar-refractivity contribution >= 4 is 28.9 Å². The van der Waals surface area contributed by atoms with Gasteiger partial charge in [-0.3, -0.25) is 20.2 Å². The Morgan fingerprint density at radius 1 is 1.33 bits per heavy atom. The van der Waals surface area contributed by atoms with E-state index in [-0.39, 0.29) is 11.6 Å². The highest BCUT2D eigenvalue weighted by Crippen LogP contribution is 2.34. The number of nitro benzene ring substituents is 2. The molecule has 0 saturated carbocycles. The van der Waals surface area contributed by atoms with Crippen molar-refractivity contribution in [1.82, 2.24) is 0 Å². The summed E-state index contributed by atoms with van der Waals surface area (Å²) < 4.78 is 4.58. The van der Waals surface area contributed by atoms with E-state index in [0.29, 0.717) is 0 Å². The lowest BCUT2D eigenvalue weighted by molar-refractivity contribution is -0.422. The van der Waals surface area contributed by atoms with Crippen molar-refractivity contribution in [3.8, 4) is 0 Å². The van der Waals surface area contributed by atoms with Crippen molar-refractivity contribution in [2.45, 2.75) is 6.92 Å². The molecule has 0 amide bonds. The monoisotopic (exact) mass is 274 g/mol. The van der Waals surface area contributed by atoms with Crippen LogP contribution in [0, 0.1) is 20.2 Å². The number of halogens is 1. The van der Waals surface area contributed by atoms with Gasteiger partial charge in [0.25, 0.3) is 0 Å². The SMILES string of the molecule is CCOC(=O)c1cc(Cl)cc([N+](=O)[O-])c1[N+](=O)[O-]. The minimum Gasteiger partial charge on any atom is -0.462 e. The second-order valence-corrected chi connectivity index (χ2v) is 3.49. The minimum atomic E-state index is -1.03. The summed E-state index contributed by atoms with van der Waals surface area (Å²) in [5.74, 6) is -1.03. The fourth-order valence-electron chi connectivity index (χ4n) is 1.28. The van der Waals surface area contributed by atoms with Gasteiger partial charge in [0.05, 0.1) is 16.5 Å². The van der Waals surface area contributed by atoms with Gasteiger partial charge in [0, 0.05) is 11.1 Å². The smallest absolute Gasteiger partial charge is 0.360 e. The molecule has 0 spiro atoms. The van der Waals surface area contributed by atoms with Gasteiger partial charge in [0.1, 0.15) is 5.56 Å². The molecule has 0 saturated heterocycles. The second kappa shape index (κ2) is 5.41. The van der Waals surface area contributed by atoms with Crippen LogP contribution in [-0.4, -0.2) is 22.4 Å². The molecule has 1 rings (SSSR count). The van der Waals surface area contributed by atoms with Gasteiger partial charge in [-0.2, -0.15) is 0 Å². The highest BCUT2D eigenvalue weighted by molar-refractivity contribution is 6.31. The Labute approximate surface area is 105 Å². The zero-order chi connectivity index (χ0) is 13.9. The van der Waals surface area contributed by atoms with Gasteiger partial charge in [-0.15, -0.1) is 0 Å². The fraction of sp³-hybridized carbons (Fsp3) is 0.222. The van der Waals surface area contributed by atoms with Gasteiger partial charge in [0.2, 0.25) is 0 Å². The minimum absolute atomic E-state index is 0.0176. The van der Waals surface area contributed by atoms with E-state index in [1.54, 1.807) is 0 Å². The molecule has 18 heavy (non-hydrogen) atoms. The molecule has 1 aromatic carbocycles. The van der Waals surface area contributed by atoms with Gasteiger partial charge in [-0.05, 0) is 13.0 Å². The average molecular weight is 275 g/mol. The summed E-state index contributed by atoms with van der Waals surface area (Å²) in [7, 11) is 0. The topological polar surface area (TPSA) is 113 Å². The molecule has 1 aromatic rings. The molecule has 0 bridgehead atoms. The first kappa shape index (κ1) is 13.8. The number of carbonyl (C=O) groups excluding carboxylic acids is 1. The van der Waals surface area contributed by atoms with E-state index >= 15 is 0 Å². The Kier molecular flexibility index (Phi) is 4.16. The zero-order valence-corrected chi connectivity index (χ0v) is 9.84. The summed E-state index contributed by atoms with van der Waals surface area (Å²) in [6.45, 7) is 1.49. The average Bonchev–Trinajstić information content (AvgIpc) is 2.27. The van der Waals surface area contributed by atoms with Gasteiger partial charge in [-0.25, -0.2) is 4.79 Å². The summed E-state index contributed by atoms with van der Waals surface area (Å²) in [5, 5.41) is 21.4. The highest BCUT2D eigenvalue weighted by Gasteiger charge is 2.33. The summed E-state index contributed by atoms with van der Waals surface area (Å²) in [4.78, 5) is 31.0. The van der Waals surface area contributed by atoms with Crippen LogP contribution < -0.4 is 0 Å². The van der Waals surface area contributed by atoms with E-state index in [0.717, 1.165) is 12.1 Å². The first-order valence-electron chi connectivity index (χ1n) is 4.68. The third kappa shape index (κ3) is 2.72. The van der Waals surface area contributed by atoms with E-state index in [9.17, 15) is 25.0 Å². The number of nitro groups is 2. The summed E-state index contributed by atoms with van der Waals surface area (Å²) >= 11 is 5.58. The van der Waals surface area contributed by atoms with E-state index in [1.165, 1.54) is 6.92 Å². The molecule has 8 nitrogen and oxygen atoms in total. The van der Waals surface area contributed by atoms with Crippen molar-refractivity contribution in [1.29, 1.82) is 0 Å². The Bertz CT molecular complexity index is 530. The molecule has 0 radical (unpaired) electrons. The van der Waals surface area contributed by atoms with Crippen molar-refractivity contribution in [2.24, 2.45) is 0 Å². The van der Waals surface area contributed by atoms with E-state index in [1.807, 2.05) is 0 Å². The van der Waals surface area contributed by atoms with E-state index in [4.69, 9.17) is 11.6 Å². The van der Waals surface area contributed by atoms with Crippen LogP contribution in [0.3, 0.4) is 0 Å². The molecule has 9 heteroatoms. The first-order valence-corrected chi connectivity index (χ1v) is 5.05. The quantitative estimate of drug-likeness (QED) is 0.473. The molecule has 0 N–H and O–H groups in total. The lowest BCUT2D eigenvalue weighted by atomic mass is 10.1. The molecule has 0 aliphatic carbocycles. The van der Waals surface area contributed by atoms with E-state index in [2.05, 4.69) is 4.74 Å². The molecular formula is C9H7ClN2O6. The molecule has 0 aliphatic heterocycles. The summed E-state index contributed by atoms with van der Waals surface area (Å²) in [6, 6.07) is 1.77. The number of hydrogen-bond donors (Lipinski definition) is 0. The third-order valence-electron chi connectivity index (χ3n) is 1.93. The Balaban J connectivity index is 3.53. The number of esters is 1. The van der Waals surface area contributed by atoms with Crippen LogP contribution in [0.5, 0.6) is 0 Å². The predicted molar refractivity (Wildman–Crippen MR) is 60.7 cm³/mol. The largest absolute Gasteiger partial charge is 0.462 e. The molecule has 0 heterocycles. The molecule has 0 atom stereocenters. The lowest BCUT2D eigenvalue weighted by Gasteiger charge is -2.04. The van der Waals surface area contributed by atoms with Crippen molar-refractivity contribution in [3.63, 3.8) is 0 Å².